The smallest absolute Gasteiger partial charge is 0.416 e. The zero-order chi connectivity index (χ0) is 15.6. The van der Waals surface area contributed by atoms with Crippen LogP contribution in [0.15, 0.2) is 24.3 Å². The van der Waals surface area contributed by atoms with Gasteiger partial charge in [-0.3, -0.25) is 4.79 Å². The summed E-state index contributed by atoms with van der Waals surface area (Å²) in [5.74, 6) is -1.53. The van der Waals surface area contributed by atoms with Crippen molar-refractivity contribution in [3.05, 3.63) is 35.4 Å². The van der Waals surface area contributed by atoms with E-state index in [2.05, 4.69) is 5.32 Å². The molecule has 0 aliphatic carbocycles. The minimum absolute atomic E-state index is 0.118. The fourth-order valence-electron chi connectivity index (χ4n) is 2.88. The maximum Gasteiger partial charge on any atom is 0.416 e. The number of rotatable bonds is 3. The van der Waals surface area contributed by atoms with Crippen molar-refractivity contribution >= 4 is 5.97 Å². The largest absolute Gasteiger partial charge is 0.481 e. The van der Waals surface area contributed by atoms with Crippen LogP contribution >= 0.6 is 0 Å². The molecule has 0 bridgehead atoms. The molecule has 1 fully saturated rings. The Labute approximate surface area is 121 Å². The molecule has 0 aromatic heterocycles. The third-order valence-corrected chi connectivity index (χ3v) is 4.14. The Bertz CT molecular complexity index is 499. The average molecular weight is 301 g/mol. The summed E-state index contributed by atoms with van der Waals surface area (Å²) < 4.78 is 37.7. The Hall–Kier alpha value is -1.56. The molecule has 3 nitrogen and oxygen atoms in total. The first-order valence-corrected chi connectivity index (χ1v) is 6.94. The Morgan fingerprint density at radius 1 is 1.33 bits per heavy atom. The van der Waals surface area contributed by atoms with Gasteiger partial charge in [-0.25, -0.2) is 0 Å². The highest BCUT2D eigenvalue weighted by Crippen LogP contribution is 2.36. The molecular weight excluding hydrogens is 283 g/mol. The lowest BCUT2D eigenvalue weighted by Crippen LogP contribution is -2.39. The van der Waals surface area contributed by atoms with Crippen molar-refractivity contribution in [2.75, 3.05) is 6.54 Å². The number of hydrogen-bond acceptors (Lipinski definition) is 2. The number of carbonyl (C=O) groups is 1. The molecular formula is C15H18F3NO2. The summed E-state index contributed by atoms with van der Waals surface area (Å²) in [5.41, 5.74) is 0.0192. The Kier molecular flexibility index (Phi) is 4.56. The van der Waals surface area contributed by atoms with Gasteiger partial charge >= 0.3 is 12.1 Å². The summed E-state index contributed by atoms with van der Waals surface area (Å²) in [6.07, 6.45) is -2.72. The predicted octanol–water partition coefficient (Wildman–Crippen LogP) is 3.47. The number of halogens is 3. The molecule has 1 saturated heterocycles. The van der Waals surface area contributed by atoms with Gasteiger partial charge in [-0.2, -0.15) is 13.2 Å². The van der Waals surface area contributed by atoms with Gasteiger partial charge in [0.2, 0.25) is 0 Å². The zero-order valence-electron chi connectivity index (χ0n) is 11.7. The molecule has 21 heavy (non-hydrogen) atoms. The maximum atomic E-state index is 12.6. The molecule has 0 amide bonds. The molecule has 3 atom stereocenters. The normalized spacial score (nSPS) is 24.6. The van der Waals surface area contributed by atoms with Crippen LogP contribution in [0.25, 0.3) is 0 Å². The van der Waals surface area contributed by atoms with E-state index in [1.54, 1.807) is 6.92 Å². The van der Waals surface area contributed by atoms with Crippen LogP contribution in [0.4, 0.5) is 13.2 Å². The highest BCUT2D eigenvalue weighted by molar-refractivity contribution is 5.70. The minimum atomic E-state index is -4.35. The SMILES string of the molecule is CC(C(=O)O)[C@@H]1CCCN[C@H]1c1ccc(C(F)(F)F)cc1. The van der Waals surface area contributed by atoms with Crippen LogP contribution in [0.2, 0.25) is 0 Å². The fraction of sp³-hybridized carbons (Fsp3) is 0.533. The van der Waals surface area contributed by atoms with E-state index >= 15 is 0 Å². The Morgan fingerprint density at radius 2 is 1.95 bits per heavy atom. The van der Waals surface area contributed by atoms with Crippen molar-refractivity contribution in [1.29, 1.82) is 0 Å². The number of piperidine rings is 1. The quantitative estimate of drug-likeness (QED) is 0.899. The fourth-order valence-corrected chi connectivity index (χ4v) is 2.88. The Morgan fingerprint density at radius 3 is 2.48 bits per heavy atom. The van der Waals surface area contributed by atoms with E-state index in [0.717, 1.165) is 31.5 Å². The molecule has 116 valence electrons. The van der Waals surface area contributed by atoms with Crippen LogP contribution in [0.5, 0.6) is 0 Å². The monoisotopic (exact) mass is 301 g/mol. The molecule has 6 heteroatoms. The molecule has 1 unspecified atom stereocenters. The predicted molar refractivity (Wildman–Crippen MR) is 71.7 cm³/mol. The number of nitrogens with one attached hydrogen (secondary N) is 1. The first-order valence-electron chi connectivity index (χ1n) is 6.94. The second-order valence-electron chi connectivity index (χ2n) is 5.48. The van der Waals surface area contributed by atoms with Crippen LogP contribution in [0.3, 0.4) is 0 Å². The van der Waals surface area contributed by atoms with Gasteiger partial charge in [-0.05, 0) is 43.0 Å². The molecule has 1 aromatic carbocycles. The van der Waals surface area contributed by atoms with Gasteiger partial charge < -0.3 is 10.4 Å². The number of carboxylic acids is 1. The lowest BCUT2D eigenvalue weighted by atomic mass is 9.78. The van der Waals surface area contributed by atoms with E-state index in [1.165, 1.54) is 12.1 Å². The number of hydrogen-bond donors (Lipinski definition) is 2. The first-order chi connectivity index (χ1) is 9.80. The molecule has 0 spiro atoms. The summed E-state index contributed by atoms with van der Waals surface area (Å²) in [6, 6.07) is 4.76. The third-order valence-electron chi connectivity index (χ3n) is 4.14. The lowest BCUT2D eigenvalue weighted by molar-refractivity contribution is -0.143. The molecule has 0 saturated carbocycles. The van der Waals surface area contributed by atoms with Crippen LogP contribution in [-0.2, 0) is 11.0 Å². The van der Waals surface area contributed by atoms with Crippen molar-refractivity contribution in [2.24, 2.45) is 11.8 Å². The highest BCUT2D eigenvalue weighted by Gasteiger charge is 2.35. The van der Waals surface area contributed by atoms with E-state index in [0.29, 0.717) is 5.56 Å². The van der Waals surface area contributed by atoms with E-state index in [-0.39, 0.29) is 12.0 Å². The molecule has 1 heterocycles. The molecule has 1 aliphatic heterocycles. The van der Waals surface area contributed by atoms with Gasteiger partial charge in [0.25, 0.3) is 0 Å². The summed E-state index contributed by atoms with van der Waals surface area (Å²) in [5, 5.41) is 12.4. The Balaban J connectivity index is 2.23. The topological polar surface area (TPSA) is 49.3 Å². The first kappa shape index (κ1) is 15.8. The van der Waals surface area contributed by atoms with Gasteiger partial charge in [0, 0.05) is 6.04 Å². The number of aliphatic carboxylic acids is 1. The molecule has 0 radical (unpaired) electrons. The van der Waals surface area contributed by atoms with Gasteiger partial charge in [0.15, 0.2) is 0 Å². The number of benzene rings is 1. The minimum Gasteiger partial charge on any atom is -0.481 e. The molecule has 2 N–H and O–H groups in total. The average Bonchev–Trinajstić information content (AvgIpc) is 2.45. The lowest BCUT2D eigenvalue weighted by Gasteiger charge is -2.35. The van der Waals surface area contributed by atoms with Crippen molar-refractivity contribution in [1.82, 2.24) is 5.32 Å². The van der Waals surface area contributed by atoms with Crippen LogP contribution in [0, 0.1) is 11.8 Å². The van der Waals surface area contributed by atoms with Crippen molar-refractivity contribution in [3.8, 4) is 0 Å². The van der Waals surface area contributed by atoms with Crippen LogP contribution < -0.4 is 5.32 Å². The van der Waals surface area contributed by atoms with Crippen LogP contribution in [0.1, 0.15) is 36.9 Å². The van der Waals surface area contributed by atoms with Gasteiger partial charge in [0.05, 0.1) is 11.5 Å². The van der Waals surface area contributed by atoms with E-state index in [9.17, 15) is 23.1 Å². The second kappa shape index (κ2) is 6.05. The van der Waals surface area contributed by atoms with Crippen molar-refractivity contribution in [2.45, 2.75) is 32.0 Å². The van der Waals surface area contributed by atoms with Gasteiger partial charge in [-0.1, -0.05) is 19.1 Å². The van der Waals surface area contributed by atoms with Crippen LogP contribution in [-0.4, -0.2) is 17.6 Å². The number of alkyl halides is 3. The summed E-state index contributed by atoms with van der Waals surface area (Å²) in [6.45, 7) is 2.39. The third kappa shape index (κ3) is 3.56. The molecule has 2 rings (SSSR count). The van der Waals surface area contributed by atoms with E-state index in [1.807, 2.05) is 0 Å². The van der Waals surface area contributed by atoms with Gasteiger partial charge in [-0.15, -0.1) is 0 Å². The zero-order valence-corrected chi connectivity index (χ0v) is 11.7. The standard InChI is InChI=1S/C15H18F3NO2/c1-9(14(20)21)12-3-2-8-19-13(12)10-4-6-11(7-5-10)15(16,17)18/h4-7,9,12-13,19H,2-3,8H2,1H3,(H,20,21)/t9?,12-,13-/m0/s1. The molecule has 1 aliphatic rings. The summed E-state index contributed by atoms with van der Waals surface area (Å²) in [4.78, 5) is 11.2. The summed E-state index contributed by atoms with van der Waals surface area (Å²) >= 11 is 0. The van der Waals surface area contributed by atoms with E-state index < -0.39 is 23.6 Å². The van der Waals surface area contributed by atoms with Crippen molar-refractivity contribution in [3.63, 3.8) is 0 Å². The summed E-state index contributed by atoms with van der Waals surface area (Å²) in [7, 11) is 0. The number of carboxylic acid groups (broad SMARTS) is 1. The van der Waals surface area contributed by atoms with E-state index in [4.69, 9.17) is 0 Å². The van der Waals surface area contributed by atoms with Crippen molar-refractivity contribution < 1.29 is 23.1 Å². The molecule has 1 aromatic rings. The second-order valence-corrected chi connectivity index (χ2v) is 5.48. The maximum absolute atomic E-state index is 12.6. The highest BCUT2D eigenvalue weighted by atomic mass is 19.4. The van der Waals surface area contributed by atoms with Gasteiger partial charge in [0.1, 0.15) is 0 Å².